The van der Waals surface area contributed by atoms with E-state index < -0.39 is 5.97 Å². The zero-order chi connectivity index (χ0) is 17.6. The third kappa shape index (κ3) is 2.57. The van der Waals surface area contributed by atoms with E-state index in [1.165, 1.54) is 0 Å². The zero-order valence-corrected chi connectivity index (χ0v) is 14.9. The van der Waals surface area contributed by atoms with Crippen LogP contribution in [-0.2, 0) is 0 Å². The van der Waals surface area contributed by atoms with Crippen LogP contribution in [-0.4, -0.2) is 28.7 Å². The number of anilines is 1. The van der Waals surface area contributed by atoms with Gasteiger partial charge < -0.3 is 14.6 Å². The zero-order valence-electron chi connectivity index (χ0n) is 13.4. The Morgan fingerprint density at radius 1 is 1.00 bits per heavy atom. The highest BCUT2D eigenvalue weighted by Gasteiger charge is 2.30. The van der Waals surface area contributed by atoms with Gasteiger partial charge in [-0.05, 0) is 37.1 Å². The number of aromatic carboxylic acids is 1. The lowest BCUT2D eigenvalue weighted by molar-refractivity contribution is 0.0689. The molecule has 0 radical (unpaired) electrons. The van der Waals surface area contributed by atoms with Gasteiger partial charge in [-0.15, -0.1) is 0 Å². The van der Waals surface area contributed by atoms with E-state index in [9.17, 15) is 9.90 Å². The number of carbonyl (C=O) groups is 1. The molecule has 0 unspecified atom stereocenters. The van der Waals surface area contributed by atoms with E-state index in [1.54, 1.807) is 10.6 Å². The smallest absolute Gasteiger partial charge is 0.355 e. The highest BCUT2D eigenvalue weighted by molar-refractivity contribution is 6.46. The standard InChI is InChI=1S/C19H16Cl2N2O2/c20-13-8-9-14-15(16(13)21)17(22-10-4-5-11-22)18(19(24)25)23(14)12-6-2-1-3-7-12/h1-3,6-9H,4-5,10-11H2,(H,24,25). The number of hydrogen-bond acceptors (Lipinski definition) is 2. The topological polar surface area (TPSA) is 45.5 Å². The lowest BCUT2D eigenvalue weighted by Crippen LogP contribution is -2.21. The highest BCUT2D eigenvalue weighted by Crippen LogP contribution is 2.43. The van der Waals surface area contributed by atoms with Crippen molar-refractivity contribution in [1.82, 2.24) is 4.57 Å². The number of halogens is 2. The van der Waals surface area contributed by atoms with E-state index in [4.69, 9.17) is 23.2 Å². The Bertz CT molecular complexity index is 961. The van der Waals surface area contributed by atoms with E-state index in [0.717, 1.165) is 37.1 Å². The van der Waals surface area contributed by atoms with Crippen molar-refractivity contribution in [3.05, 3.63) is 58.2 Å². The maximum absolute atomic E-state index is 12.2. The fourth-order valence-electron chi connectivity index (χ4n) is 3.59. The molecular weight excluding hydrogens is 359 g/mol. The van der Waals surface area contributed by atoms with Crippen LogP contribution in [0.3, 0.4) is 0 Å². The van der Waals surface area contributed by atoms with E-state index in [2.05, 4.69) is 4.90 Å². The van der Waals surface area contributed by atoms with E-state index in [-0.39, 0.29) is 5.69 Å². The van der Waals surface area contributed by atoms with Crippen LogP contribution in [0.1, 0.15) is 23.3 Å². The number of rotatable bonds is 3. The molecule has 1 fully saturated rings. The van der Waals surface area contributed by atoms with Crippen molar-refractivity contribution in [1.29, 1.82) is 0 Å². The molecule has 4 nitrogen and oxygen atoms in total. The predicted octanol–water partition coefficient (Wildman–Crippen LogP) is 5.24. The van der Waals surface area contributed by atoms with E-state index >= 15 is 0 Å². The van der Waals surface area contributed by atoms with Crippen molar-refractivity contribution in [2.24, 2.45) is 0 Å². The second-order valence-electron chi connectivity index (χ2n) is 6.12. The van der Waals surface area contributed by atoms with Gasteiger partial charge in [0, 0.05) is 24.2 Å². The second kappa shape index (κ2) is 6.28. The molecule has 2 heterocycles. The number of fused-ring (bicyclic) bond motifs is 1. The van der Waals surface area contributed by atoms with Crippen LogP contribution >= 0.6 is 23.2 Å². The first-order valence-electron chi connectivity index (χ1n) is 8.15. The van der Waals surface area contributed by atoms with Crippen LogP contribution in [0.15, 0.2) is 42.5 Å². The van der Waals surface area contributed by atoms with Crippen molar-refractivity contribution in [2.45, 2.75) is 12.8 Å². The molecular formula is C19H16Cl2N2O2. The molecule has 0 bridgehead atoms. The average Bonchev–Trinajstić information content (AvgIpc) is 3.24. The molecule has 3 aromatic rings. The highest BCUT2D eigenvalue weighted by atomic mass is 35.5. The first kappa shape index (κ1) is 16.3. The SMILES string of the molecule is O=C(O)c1c(N2CCCC2)c2c(Cl)c(Cl)ccc2n1-c1ccccc1. The molecule has 1 aliphatic heterocycles. The summed E-state index contributed by atoms with van der Waals surface area (Å²) in [5.74, 6) is -0.978. The van der Waals surface area contributed by atoms with Crippen molar-refractivity contribution in [3.8, 4) is 5.69 Å². The van der Waals surface area contributed by atoms with Gasteiger partial charge in [-0.2, -0.15) is 0 Å². The van der Waals surface area contributed by atoms with Crippen LogP contribution in [0.4, 0.5) is 5.69 Å². The van der Waals surface area contributed by atoms with Gasteiger partial charge in [0.15, 0.2) is 5.69 Å². The summed E-state index contributed by atoms with van der Waals surface area (Å²) in [6, 6.07) is 13.0. The van der Waals surface area contributed by atoms with Gasteiger partial charge in [0.05, 0.1) is 21.2 Å². The van der Waals surface area contributed by atoms with Crippen LogP contribution in [0, 0.1) is 0 Å². The fourth-order valence-corrected chi connectivity index (χ4v) is 3.99. The third-order valence-corrected chi connectivity index (χ3v) is 5.44. The third-order valence-electron chi connectivity index (χ3n) is 4.64. The van der Waals surface area contributed by atoms with Crippen molar-refractivity contribution in [3.63, 3.8) is 0 Å². The second-order valence-corrected chi connectivity index (χ2v) is 6.91. The number of benzene rings is 2. The Balaban J connectivity index is 2.16. The average molecular weight is 375 g/mol. The summed E-state index contributed by atoms with van der Waals surface area (Å²) in [7, 11) is 0. The Hall–Kier alpha value is -2.17. The molecule has 1 aliphatic rings. The molecule has 0 saturated carbocycles. The Morgan fingerprint density at radius 3 is 2.32 bits per heavy atom. The number of para-hydroxylation sites is 1. The molecule has 1 aromatic heterocycles. The molecule has 1 N–H and O–H groups in total. The van der Waals surface area contributed by atoms with Gasteiger partial charge in [-0.3, -0.25) is 0 Å². The van der Waals surface area contributed by atoms with Gasteiger partial charge in [0.2, 0.25) is 0 Å². The molecule has 2 aromatic carbocycles. The van der Waals surface area contributed by atoms with E-state index in [0.29, 0.717) is 21.1 Å². The summed E-state index contributed by atoms with van der Waals surface area (Å²) in [5.41, 5.74) is 2.43. The predicted molar refractivity (Wildman–Crippen MR) is 102 cm³/mol. The first-order valence-corrected chi connectivity index (χ1v) is 8.91. The number of nitrogens with zero attached hydrogens (tertiary/aromatic N) is 2. The molecule has 0 spiro atoms. The number of carboxylic acid groups (broad SMARTS) is 1. The lowest BCUT2D eigenvalue weighted by Gasteiger charge is -2.19. The normalized spacial score (nSPS) is 14.4. The van der Waals surface area contributed by atoms with Crippen molar-refractivity contribution >= 4 is 45.8 Å². The summed E-state index contributed by atoms with van der Waals surface area (Å²) in [6.45, 7) is 1.63. The molecule has 128 valence electrons. The number of aromatic nitrogens is 1. The largest absolute Gasteiger partial charge is 0.476 e. The molecule has 25 heavy (non-hydrogen) atoms. The van der Waals surface area contributed by atoms with E-state index in [1.807, 2.05) is 36.4 Å². The Morgan fingerprint density at radius 2 is 1.68 bits per heavy atom. The molecule has 0 atom stereocenters. The summed E-state index contributed by atoms with van der Waals surface area (Å²) in [5, 5.41) is 11.5. The fraction of sp³-hybridized carbons (Fsp3) is 0.211. The Labute approximate surface area is 155 Å². The molecule has 0 aliphatic carbocycles. The van der Waals surface area contributed by atoms with Gasteiger partial charge in [-0.1, -0.05) is 41.4 Å². The minimum Gasteiger partial charge on any atom is -0.476 e. The summed E-state index contributed by atoms with van der Waals surface area (Å²) in [4.78, 5) is 14.3. The molecule has 1 saturated heterocycles. The monoisotopic (exact) mass is 374 g/mol. The minimum atomic E-state index is -0.978. The first-order chi connectivity index (χ1) is 12.1. The van der Waals surface area contributed by atoms with Crippen LogP contribution in [0.5, 0.6) is 0 Å². The molecule has 6 heteroatoms. The molecule has 4 rings (SSSR count). The van der Waals surface area contributed by atoms with Gasteiger partial charge in [-0.25, -0.2) is 4.79 Å². The van der Waals surface area contributed by atoms with Crippen LogP contribution < -0.4 is 4.90 Å². The van der Waals surface area contributed by atoms with Crippen LogP contribution in [0.25, 0.3) is 16.6 Å². The van der Waals surface area contributed by atoms with Gasteiger partial charge in [0.1, 0.15) is 0 Å². The summed E-state index contributed by atoms with van der Waals surface area (Å²) >= 11 is 12.8. The maximum atomic E-state index is 12.2. The summed E-state index contributed by atoms with van der Waals surface area (Å²) in [6.07, 6.45) is 2.07. The quantitative estimate of drug-likeness (QED) is 0.681. The van der Waals surface area contributed by atoms with Gasteiger partial charge >= 0.3 is 5.97 Å². The Kier molecular flexibility index (Phi) is 4.10. The summed E-state index contributed by atoms with van der Waals surface area (Å²) < 4.78 is 1.76. The van der Waals surface area contributed by atoms with Crippen LogP contribution in [0.2, 0.25) is 10.0 Å². The molecule has 0 amide bonds. The van der Waals surface area contributed by atoms with Crippen molar-refractivity contribution in [2.75, 3.05) is 18.0 Å². The van der Waals surface area contributed by atoms with Crippen molar-refractivity contribution < 1.29 is 9.90 Å². The maximum Gasteiger partial charge on any atom is 0.355 e. The number of hydrogen-bond donors (Lipinski definition) is 1. The minimum absolute atomic E-state index is 0.229. The lowest BCUT2D eigenvalue weighted by atomic mass is 10.2. The van der Waals surface area contributed by atoms with Gasteiger partial charge in [0.25, 0.3) is 0 Å². The number of carboxylic acids is 1.